The standard InChI is InChI=1S/C14H21N3O2/c1-3-4-5-6-7-10(2)18-12-9-8-11(15)13-14(12)17-19-16-13/h8-10H,3-7,15H2,1-2H3. The summed E-state index contributed by atoms with van der Waals surface area (Å²) in [6, 6.07) is 3.59. The number of rotatable bonds is 7. The van der Waals surface area contributed by atoms with Crippen molar-refractivity contribution in [2.24, 2.45) is 0 Å². The van der Waals surface area contributed by atoms with Crippen molar-refractivity contribution in [1.82, 2.24) is 10.3 Å². The molecule has 5 heteroatoms. The predicted octanol–water partition coefficient (Wildman–Crippen LogP) is 3.54. The molecule has 19 heavy (non-hydrogen) atoms. The molecule has 104 valence electrons. The van der Waals surface area contributed by atoms with Gasteiger partial charge in [0.2, 0.25) is 0 Å². The number of aromatic nitrogens is 2. The molecule has 0 aliphatic heterocycles. The lowest BCUT2D eigenvalue weighted by molar-refractivity contribution is 0.207. The Labute approximate surface area is 113 Å². The highest BCUT2D eigenvalue weighted by Gasteiger charge is 2.13. The van der Waals surface area contributed by atoms with Gasteiger partial charge in [-0.3, -0.25) is 0 Å². The van der Waals surface area contributed by atoms with E-state index in [4.69, 9.17) is 15.1 Å². The van der Waals surface area contributed by atoms with Gasteiger partial charge in [-0.1, -0.05) is 26.2 Å². The molecular formula is C14H21N3O2. The van der Waals surface area contributed by atoms with E-state index in [2.05, 4.69) is 24.2 Å². The molecule has 2 rings (SSSR count). The van der Waals surface area contributed by atoms with Crippen LogP contribution in [0.3, 0.4) is 0 Å². The Morgan fingerprint density at radius 3 is 2.79 bits per heavy atom. The maximum atomic E-state index is 5.90. The van der Waals surface area contributed by atoms with Crippen LogP contribution < -0.4 is 10.5 Å². The average molecular weight is 263 g/mol. The van der Waals surface area contributed by atoms with Gasteiger partial charge < -0.3 is 10.5 Å². The fraction of sp³-hybridized carbons (Fsp3) is 0.571. The van der Waals surface area contributed by atoms with Crippen LogP contribution in [0.25, 0.3) is 11.0 Å². The van der Waals surface area contributed by atoms with Gasteiger partial charge in [0, 0.05) is 0 Å². The largest absolute Gasteiger partial charge is 0.488 e. The smallest absolute Gasteiger partial charge is 0.179 e. The van der Waals surface area contributed by atoms with Crippen LogP contribution in [0.5, 0.6) is 5.75 Å². The molecule has 0 spiro atoms. The molecule has 1 aromatic carbocycles. The molecule has 2 aromatic rings. The van der Waals surface area contributed by atoms with Gasteiger partial charge in [0.05, 0.1) is 11.8 Å². The van der Waals surface area contributed by atoms with E-state index in [1.54, 1.807) is 6.07 Å². The lowest BCUT2D eigenvalue weighted by Crippen LogP contribution is -2.11. The van der Waals surface area contributed by atoms with Crippen LogP contribution in [-0.4, -0.2) is 16.4 Å². The van der Waals surface area contributed by atoms with Crippen LogP contribution in [0.1, 0.15) is 46.0 Å². The van der Waals surface area contributed by atoms with E-state index in [0.29, 0.717) is 22.5 Å². The first kappa shape index (κ1) is 13.6. The fourth-order valence-corrected chi connectivity index (χ4v) is 2.09. The van der Waals surface area contributed by atoms with Crippen molar-refractivity contribution in [2.75, 3.05) is 5.73 Å². The van der Waals surface area contributed by atoms with Crippen LogP contribution in [0.4, 0.5) is 5.69 Å². The lowest BCUT2D eigenvalue weighted by atomic mass is 10.1. The third kappa shape index (κ3) is 3.36. The number of nitrogens with two attached hydrogens (primary N) is 1. The molecule has 0 amide bonds. The number of benzene rings is 1. The van der Waals surface area contributed by atoms with Crippen LogP contribution in [0.2, 0.25) is 0 Å². The van der Waals surface area contributed by atoms with E-state index in [-0.39, 0.29) is 6.10 Å². The van der Waals surface area contributed by atoms with Gasteiger partial charge in [-0.25, -0.2) is 4.63 Å². The summed E-state index contributed by atoms with van der Waals surface area (Å²) < 4.78 is 10.6. The van der Waals surface area contributed by atoms with Crippen molar-refractivity contribution in [3.05, 3.63) is 12.1 Å². The summed E-state index contributed by atoms with van der Waals surface area (Å²) in [4.78, 5) is 0. The second kappa shape index (κ2) is 6.41. The zero-order valence-electron chi connectivity index (χ0n) is 11.6. The van der Waals surface area contributed by atoms with E-state index in [9.17, 15) is 0 Å². The van der Waals surface area contributed by atoms with Crippen molar-refractivity contribution in [3.8, 4) is 5.75 Å². The minimum Gasteiger partial charge on any atom is -0.488 e. The number of anilines is 1. The highest BCUT2D eigenvalue weighted by molar-refractivity contribution is 5.90. The lowest BCUT2D eigenvalue weighted by Gasteiger charge is -2.14. The molecule has 0 radical (unpaired) electrons. The summed E-state index contributed by atoms with van der Waals surface area (Å²) >= 11 is 0. The van der Waals surface area contributed by atoms with Gasteiger partial charge in [-0.2, -0.15) is 0 Å². The third-order valence-electron chi connectivity index (χ3n) is 3.20. The van der Waals surface area contributed by atoms with Crippen molar-refractivity contribution in [3.63, 3.8) is 0 Å². The topological polar surface area (TPSA) is 74.2 Å². The molecule has 0 saturated carbocycles. The summed E-state index contributed by atoms with van der Waals surface area (Å²) in [5, 5.41) is 7.63. The second-order valence-electron chi connectivity index (χ2n) is 4.89. The molecule has 5 nitrogen and oxygen atoms in total. The van der Waals surface area contributed by atoms with Crippen LogP contribution in [-0.2, 0) is 0 Å². The first-order valence-electron chi connectivity index (χ1n) is 6.89. The summed E-state index contributed by atoms with van der Waals surface area (Å²) in [5.41, 5.74) is 7.51. The van der Waals surface area contributed by atoms with Crippen molar-refractivity contribution >= 4 is 16.7 Å². The number of nitrogens with zero attached hydrogens (tertiary/aromatic N) is 2. The van der Waals surface area contributed by atoms with Gasteiger partial charge in [-0.15, -0.1) is 0 Å². The Bertz CT molecular complexity index is 524. The summed E-state index contributed by atoms with van der Waals surface area (Å²) in [7, 11) is 0. The van der Waals surface area contributed by atoms with Crippen molar-refractivity contribution < 1.29 is 9.37 Å². The maximum Gasteiger partial charge on any atom is 0.179 e. The van der Waals surface area contributed by atoms with Crippen molar-refractivity contribution in [1.29, 1.82) is 0 Å². The average Bonchev–Trinajstić information content (AvgIpc) is 2.88. The number of ether oxygens (including phenoxy) is 1. The van der Waals surface area contributed by atoms with Gasteiger partial charge in [0.25, 0.3) is 0 Å². The molecule has 0 fully saturated rings. The Balaban J connectivity index is 1.97. The maximum absolute atomic E-state index is 5.90. The Kier molecular flexibility index (Phi) is 4.60. The first-order valence-corrected chi connectivity index (χ1v) is 6.89. The minimum atomic E-state index is 0.153. The van der Waals surface area contributed by atoms with E-state index >= 15 is 0 Å². The Morgan fingerprint density at radius 2 is 2.00 bits per heavy atom. The Hall–Kier alpha value is -1.78. The van der Waals surface area contributed by atoms with Crippen LogP contribution in [0.15, 0.2) is 16.8 Å². The quantitative estimate of drug-likeness (QED) is 0.611. The Morgan fingerprint density at radius 1 is 1.21 bits per heavy atom. The monoisotopic (exact) mass is 263 g/mol. The molecule has 1 unspecified atom stereocenters. The van der Waals surface area contributed by atoms with E-state index in [1.165, 1.54) is 25.7 Å². The second-order valence-corrected chi connectivity index (χ2v) is 4.89. The van der Waals surface area contributed by atoms with Crippen LogP contribution in [0, 0.1) is 0 Å². The fourth-order valence-electron chi connectivity index (χ4n) is 2.09. The molecule has 0 aliphatic rings. The molecule has 0 aliphatic carbocycles. The van der Waals surface area contributed by atoms with E-state index in [1.807, 2.05) is 6.07 Å². The predicted molar refractivity (Wildman–Crippen MR) is 75.1 cm³/mol. The molecule has 2 N–H and O–H groups in total. The SMILES string of the molecule is CCCCCCC(C)Oc1ccc(N)c2nonc12. The van der Waals surface area contributed by atoms with Gasteiger partial charge >= 0.3 is 0 Å². The number of unbranched alkanes of at least 4 members (excludes halogenated alkanes) is 3. The minimum absolute atomic E-state index is 0.153. The molecular weight excluding hydrogens is 242 g/mol. The number of hydrogen-bond acceptors (Lipinski definition) is 5. The van der Waals surface area contributed by atoms with Gasteiger partial charge in [0.15, 0.2) is 16.8 Å². The third-order valence-corrected chi connectivity index (χ3v) is 3.20. The highest BCUT2D eigenvalue weighted by Crippen LogP contribution is 2.28. The zero-order valence-corrected chi connectivity index (χ0v) is 11.6. The zero-order chi connectivity index (χ0) is 13.7. The number of nitrogen functional groups attached to an aromatic ring is 1. The highest BCUT2D eigenvalue weighted by atomic mass is 16.6. The number of hydrogen-bond donors (Lipinski definition) is 1. The summed E-state index contributed by atoms with van der Waals surface area (Å²) in [6.07, 6.45) is 6.17. The summed E-state index contributed by atoms with van der Waals surface area (Å²) in [5.74, 6) is 0.688. The van der Waals surface area contributed by atoms with Crippen molar-refractivity contribution in [2.45, 2.75) is 52.1 Å². The summed E-state index contributed by atoms with van der Waals surface area (Å²) in [6.45, 7) is 4.28. The van der Waals surface area contributed by atoms with E-state index < -0.39 is 0 Å². The van der Waals surface area contributed by atoms with Gasteiger partial charge in [0.1, 0.15) is 0 Å². The first-order chi connectivity index (χ1) is 9.22. The molecule has 1 aromatic heterocycles. The van der Waals surface area contributed by atoms with Gasteiger partial charge in [-0.05, 0) is 42.2 Å². The number of fused-ring (bicyclic) bond motifs is 1. The van der Waals surface area contributed by atoms with E-state index in [0.717, 1.165) is 6.42 Å². The van der Waals surface area contributed by atoms with Crippen LogP contribution >= 0.6 is 0 Å². The molecule has 1 heterocycles. The molecule has 1 atom stereocenters. The normalized spacial score (nSPS) is 12.7. The molecule has 0 bridgehead atoms. The molecule has 0 saturated heterocycles.